The molecule has 8 heteroatoms. The van der Waals surface area contributed by atoms with Gasteiger partial charge in [-0.1, -0.05) is 32.0 Å². The lowest BCUT2D eigenvalue weighted by Crippen LogP contribution is -2.52. The van der Waals surface area contributed by atoms with Gasteiger partial charge in [0.1, 0.15) is 6.04 Å². The highest BCUT2D eigenvalue weighted by atomic mass is 32.2. The van der Waals surface area contributed by atoms with Gasteiger partial charge in [0.2, 0.25) is 0 Å². The topological polar surface area (TPSA) is 93.5 Å². The molecule has 1 unspecified atom stereocenters. The minimum absolute atomic E-state index is 0.0924. The lowest BCUT2D eigenvalue weighted by atomic mass is 10.0. The molecule has 1 heterocycles. The number of hydrogen-bond donors (Lipinski definition) is 1. The van der Waals surface area contributed by atoms with Crippen molar-refractivity contribution in [2.24, 2.45) is 5.92 Å². The van der Waals surface area contributed by atoms with E-state index in [4.69, 9.17) is 0 Å². The first-order valence-corrected chi connectivity index (χ1v) is 11.4. The Balaban J connectivity index is 1.62. The molecule has 2 aromatic carbocycles. The standard InChI is InChI=1S/C22H26N4O3S/c1-17(2)21(16-23)25-12-14-26(15-13-25)22(27)18-8-10-19(11-9-18)24-30(28,29)20-6-4-3-5-7-20/h3-11,17,21,24H,12-15H2,1-2H3. The highest BCUT2D eigenvalue weighted by Gasteiger charge is 2.28. The summed E-state index contributed by atoms with van der Waals surface area (Å²) in [6.45, 7) is 6.50. The van der Waals surface area contributed by atoms with E-state index in [0.29, 0.717) is 37.4 Å². The number of piperazine rings is 1. The van der Waals surface area contributed by atoms with Crippen molar-refractivity contribution >= 4 is 21.6 Å². The molecule has 158 valence electrons. The van der Waals surface area contributed by atoms with Gasteiger partial charge < -0.3 is 4.90 Å². The molecule has 30 heavy (non-hydrogen) atoms. The number of benzene rings is 2. The highest BCUT2D eigenvalue weighted by Crippen LogP contribution is 2.19. The molecule has 1 fully saturated rings. The average Bonchev–Trinajstić information content (AvgIpc) is 2.75. The zero-order valence-electron chi connectivity index (χ0n) is 17.2. The molecule has 3 rings (SSSR count). The first kappa shape index (κ1) is 21.8. The number of sulfonamides is 1. The van der Waals surface area contributed by atoms with Crippen molar-refractivity contribution in [3.8, 4) is 6.07 Å². The molecule has 1 saturated heterocycles. The lowest BCUT2D eigenvalue weighted by Gasteiger charge is -2.38. The SMILES string of the molecule is CC(C)C(C#N)N1CCN(C(=O)c2ccc(NS(=O)(=O)c3ccccc3)cc2)CC1. The van der Waals surface area contributed by atoms with E-state index in [-0.39, 0.29) is 22.8 Å². The summed E-state index contributed by atoms with van der Waals surface area (Å²) in [5.74, 6) is 0.148. The Bertz CT molecular complexity index is 1010. The summed E-state index contributed by atoms with van der Waals surface area (Å²) in [6, 6.07) is 16.8. The Labute approximate surface area is 178 Å². The molecular formula is C22H26N4O3S. The van der Waals surface area contributed by atoms with E-state index in [1.165, 1.54) is 12.1 Å². The highest BCUT2D eigenvalue weighted by molar-refractivity contribution is 7.92. The van der Waals surface area contributed by atoms with E-state index in [2.05, 4.69) is 15.7 Å². The first-order chi connectivity index (χ1) is 14.3. The van der Waals surface area contributed by atoms with E-state index < -0.39 is 10.0 Å². The number of nitrogens with zero attached hydrogens (tertiary/aromatic N) is 3. The zero-order chi connectivity index (χ0) is 21.7. The van der Waals surface area contributed by atoms with Crippen LogP contribution in [0.5, 0.6) is 0 Å². The van der Waals surface area contributed by atoms with Crippen LogP contribution >= 0.6 is 0 Å². The van der Waals surface area contributed by atoms with Gasteiger partial charge >= 0.3 is 0 Å². The molecule has 1 aliphatic rings. The molecule has 1 amide bonds. The maximum atomic E-state index is 12.8. The van der Waals surface area contributed by atoms with E-state index in [0.717, 1.165) is 0 Å². The summed E-state index contributed by atoms with van der Waals surface area (Å²) in [7, 11) is -3.67. The Hall–Kier alpha value is -2.89. The number of hydrogen-bond acceptors (Lipinski definition) is 5. The smallest absolute Gasteiger partial charge is 0.261 e. The summed E-state index contributed by atoms with van der Waals surface area (Å²) in [5.41, 5.74) is 0.904. The monoisotopic (exact) mass is 426 g/mol. The molecule has 7 nitrogen and oxygen atoms in total. The minimum Gasteiger partial charge on any atom is -0.336 e. The van der Waals surface area contributed by atoms with Crippen LogP contribution in [-0.2, 0) is 10.0 Å². The third-order valence-corrected chi connectivity index (χ3v) is 6.59. The molecule has 1 N–H and O–H groups in total. The molecule has 1 aliphatic heterocycles. The largest absolute Gasteiger partial charge is 0.336 e. The van der Waals surface area contributed by atoms with Gasteiger partial charge in [-0.2, -0.15) is 5.26 Å². The maximum Gasteiger partial charge on any atom is 0.261 e. The van der Waals surface area contributed by atoms with Crippen LogP contribution in [0.1, 0.15) is 24.2 Å². The number of carbonyl (C=O) groups is 1. The van der Waals surface area contributed by atoms with Crippen LogP contribution in [0.4, 0.5) is 5.69 Å². The predicted octanol–water partition coefficient (Wildman–Crippen LogP) is 2.79. The van der Waals surface area contributed by atoms with Crippen LogP contribution in [0.15, 0.2) is 59.5 Å². The summed E-state index contributed by atoms with van der Waals surface area (Å²) < 4.78 is 27.4. The van der Waals surface area contributed by atoms with Gasteiger partial charge in [0, 0.05) is 37.4 Å². The number of nitriles is 1. The molecular weight excluding hydrogens is 400 g/mol. The Morgan fingerprint density at radius 1 is 1.00 bits per heavy atom. The number of rotatable bonds is 6. The van der Waals surface area contributed by atoms with Crippen LogP contribution in [0.2, 0.25) is 0 Å². The van der Waals surface area contributed by atoms with Gasteiger partial charge in [0.15, 0.2) is 0 Å². The van der Waals surface area contributed by atoms with Crippen LogP contribution < -0.4 is 4.72 Å². The van der Waals surface area contributed by atoms with Crippen molar-refractivity contribution in [3.63, 3.8) is 0 Å². The fourth-order valence-electron chi connectivity index (χ4n) is 3.53. The lowest BCUT2D eigenvalue weighted by molar-refractivity contribution is 0.0577. The van der Waals surface area contributed by atoms with Crippen LogP contribution in [0.3, 0.4) is 0 Å². The Kier molecular flexibility index (Phi) is 6.75. The van der Waals surface area contributed by atoms with Crippen LogP contribution in [0, 0.1) is 17.2 Å². The Morgan fingerprint density at radius 2 is 1.60 bits per heavy atom. The molecule has 1 atom stereocenters. The van der Waals surface area contributed by atoms with Gasteiger partial charge in [-0.15, -0.1) is 0 Å². The molecule has 0 radical (unpaired) electrons. The molecule has 0 saturated carbocycles. The normalized spacial score (nSPS) is 16.1. The van der Waals surface area contributed by atoms with Crippen molar-refractivity contribution in [1.82, 2.24) is 9.80 Å². The van der Waals surface area contributed by atoms with Gasteiger partial charge in [-0.05, 0) is 42.3 Å². The van der Waals surface area contributed by atoms with Crippen molar-refractivity contribution in [2.45, 2.75) is 24.8 Å². The van der Waals surface area contributed by atoms with Crippen molar-refractivity contribution in [1.29, 1.82) is 5.26 Å². The first-order valence-electron chi connectivity index (χ1n) is 9.92. The summed E-state index contributed by atoms with van der Waals surface area (Å²) in [4.78, 5) is 16.9. The number of nitrogens with one attached hydrogen (secondary N) is 1. The van der Waals surface area contributed by atoms with E-state index in [1.54, 1.807) is 47.4 Å². The zero-order valence-corrected chi connectivity index (χ0v) is 18.0. The van der Waals surface area contributed by atoms with E-state index in [9.17, 15) is 18.5 Å². The molecule has 0 spiro atoms. The average molecular weight is 427 g/mol. The van der Waals surface area contributed by atoms with E-state index >= 15 is 0 Å². The summed E-state index contributed by atoms with van der Waals surface area (Å²) in [5, 5.41) is 9.36. The predicted molar refractivity (Wildman–Crippen MR) is 115 cm³/mol. The van der Waals surface area contributed by atoms with Gasteiger partial charge in [-0.25, -0.2) is 8.42 Å². The Morgan fingerprint density at radius 3 is 2.13 bits per heavy atom. The second-order valence-corrected chi connectivity index (χ2v) is 9.32. The molecule has 0 bridgehead atoms. The number of anilines is 1. The second-order valence-electron chi connectivity index (χ2n) is 7.64. The van der Waals surface area contributed by atoms with Crippen molar-refractivity contribution < 1.29 is 13.2 Å². The van der Waals surface area contributed by atoms with Crippen molar-refractivity contribution in [3.05, 3.63) is 60.2 Å². The van der Waals surface area contributed by atoms with E-state index in [1.807, 2.05) is 13.8 Å². The van der Waals surface area contributed by atoms with Gasteiger partial charge in [-0.3, -0.25) is 14.4 Å². The van der Waals surface area contributed by atoms with Crippen LogP contribution in [0.25, 0.3) is 0 Å². The quantitative estimate of drug-likeness (QED) is 0.767. The summed E-state index contributed by atoms with van der Waals surface area (Å²) in [6.07, 6.45) is 0. The third-order valence-electron chi connectivity index (χ3n) is 5.20. The third kappa shape index (κ3) is 4.99. The number of amides is 1. The second kappa shape index (κ2) is 9.28. The molecule has 0 aliphatic carbocycles. The number of carbonyl (C=O) groups excluding carboxylic acids is 1. The minimum atomic E-state index is -3.67. The van der Waals surface area contributed by atoms with Crippen molar-refractivity contribution in [2.75, 3.05) is 30.9 Å². The molecule has 0 aromatic heterocycles. The fraction of sp³-hybridized carbons (Fsp3) is 0.364. The van der Waals surface area contributed by atoms with Gasteiger partial charge in [0.05, 0.1) is 11.0 Å². The maximum absolute atomic E-state index is 12.8. The van der Waals surface area contributed by atoms with Gasteiger partial charge in [0.25, 0.3) is 15.9 Å². The van der Waals surface area contributed by atoms with Crippen LogP contribution in [-0.4, -0.2) is 56.3 Å². The fourth-order valence-corrected chi connectivity index (χ4v) is 4.61. The summed E-state index contributed by atoms with van der Waals surface area (Å²) >= 11 is 0. The molecule has 2 aromatic rings.